The monoisotopic (exact) mass is 648 g/mol. The third kappa shape index (κ3) is 4.66. The second-order valence-electron chi connectivity index (χ2n) is 12.2. The SMILES string of the molecule is Cc1ccc2c(c1)c1ccccc1n2-c1cc(-c2cccc(C(F)(F)F)c2)c(C(F)(F)F)cc1-n1c2ccccc2c2cc(C)ccc21. The number of nitrogens with zero attached hydrogens (tertiary/aromatic N) is 2. The van der Waals surface area contributed by atoms with Gasteiger partial charge in [-0.25, -0.2) is 0 Å². The Morgan fingerprint density at radius 3 is 1.46 bits per heavy atom. The molecule has 8 heteroatoms. The predicted molar refractivity (Wildman–Crippen MR) is 180 cm³/mol. The molecule has 0 aliphatic heterocycles. The molecule has 2 nitrogen and oxygen atoms in total. The molecule has 0 aliphatic rings. The van der Waals surface area contributed by atoms with Gasteiger partial charge in [-0.05, 0) is 85.6 Å². The summed E-state index contributed by atoms with van der Waals surface area (Å²) in [6.07, 6.45) is -9.62. The Bertz CT molecular complexity index is 2560. The van der Waals surface area contributed by atoms with Crippen LogP contribution in [0.2, 0.25) is 0 Å². The number of para-hydroxylation sites is 2. The standard InChI is InChI=1S/C40H26F6N2/c1-23-14-16-35-30(18-23)27-10-3-5-12-33(27)47(35)37-21-29(25-8-7-9-26(20-25)39(41,42)43)32(40(44,45)46)22-38(37)48-34-13-6-4-11-28(34)31-19-24(2)15-17-36(31)48/h3-22H,1-2H3. The van der Waals surface area contributed by atoms with E-state index in [1.165, 1.54) is 12.1 Å². The molecule has 2 aromatic heterocycles. The normalized spacial score (nSPS) is 12.6. The molecule has 2 heterocycles. The molecule has 0 saturated carbocycles. The van der Waals surface area contributed by atoms with Crippen LogP contribution in [0.25, 0.3) is 66.1 Å². The van der Waals surface area contributed by atoms with Crippen molar-refractivity contribution in [2.24, 2.45) is 0 Å². The lowest BCUT2D eigenvalue weighted by molar-refractivity contribution is -0.137. The predicted octanol–water partition coefficient (Wildman–Crippen LogP) is 12.2. The summed E-state index contributed by atoms with van der Waals surface area (Å²) in [4.78, 5) is 0. The van der Waals surface area contributed by atoms with E-state index in [2.05, 4.69) is 0 Å². The molecule has 6 aromatic carbocycles. The van der Waals surface area contributed by atoms with E-state index in [0.29, 0.717) is 16.7 Å². The van der Waals surface area contributed by atoms with Gasteiger partial charge in [0.1, 0.15) is 0 Å². The molecule has 0 aliphatic carbocycles. The molecule has 0 N–H and O–H groups in total. The molecule has 8 rings (SSSR count). The van der Waals surface area contributed by atoms with Crippen molar-refractivity contribution < 1.29 is 26.3 Å². The summed E-state index contributed by atoms with van der Waals surface area (Å²) in [7, 11) is 0. The molecule has 0 spiro atoms. The highest BCUT2D eigenvalue weighted by molar-refractivity contribution is 6.12. The van der Waals surface area contributed by atoms with Crippen LogP contribution in [0.4, 0.5) is 26.3 Å². The maximum absolute atomic E-state index is 15.2. The minimum absolute atomic E-state index is 0.181. The van der Waals surface area contributed by atoms with Crippen LogP contribution in [0.1, 0.15) is 22.3 Å². The van der Waals surface area contributed by atoms with Gasteiger partial charge >= 0.3 is 12.4 Å². The highest BCUT2D eigenvalue weighted by atomic mass is 19.4. The van der Waals surface area contributed by atoms with Crippen LogP contribution < -0.4 is 0 Å². The lowest BCUT2D eigenvalue weighted by Gasteiger charge is -2.22. The zero-order chi connectivity index (χ0) is 33.5. The zero-order valence-corrected chi connectivity index (χ0v) is 25.7. The summed E-state index contributed by atoms with van der Waals surface area (Å²) in [5, 5.41) is 3.57. The second-order valence-corrected chi connectivity index (χ2v) is 12.2. The third-order valence-corrected chi connectivity index (χ3v) is 9.06. The van der Waals surface area contributed by atoms with Gasteiger partial charge in [0.2, 0.25) is 0 Å². The van der Waals surface area contributed by atoms with Crippen molar-refractivity contribution in [3.63, 3.8) is 0 Å². The molecule has 0 amide bonds. The summed E-state index contributed by atoms with van der Waals surface area (Å²) < 4.78 is 90.8. The first-order valence-corrected chi connectivity index (χ1v) is 15.3. The zero-order valence-electron chi connectivity index (χ0n) is 25.7. The molecule has 0 atom stereocenters. The molecule has 0 fully saturated rings. The van der Waals surface area contributed by atoms with Crippen LogP contribution in [-0.2, 0) is 12.4 Å². The van der Waals surface area contributed by atoms with Crippen LogP contribution in [-0.4, -0.2) is 9.13 Å². The van der Waals surface area contributed by atoms with Gasteiger partial charge < -0.3 is 9.13 Å². The maximum atomic E-state index is 15.2. The fourth-order valence-electron chi connectivity index (χ4n) is 6.96. The van der Waals surface area contributed by atoms with Gasteiger partial charge in [-0.3, -0.25) is 0 Å². The lowest BCUT2D eigenvalue weighted by Crippen LogP contribution is -2.12. The summed E-state index contributed by atoms with van der Waals surface area (Å²) in [6.45, 7) is 3.93. The van der Waals surface area contributed by atoms with Crippen LogP contribution >= 0.6 is 0 Å². The molecule has 0 unspecified atom stereocenters. The molecule has 8 aromatic rings. The third-order valence-electron chi connectivity index (χ3n) is 9.06. The van der Waals surface area contributed by atoms with Crippen molar-refractivity contribution in [1.82, 2.24) is 9.13 Å². The first-order valence-electron chi connectivity index (χ1n) is 15.3. The Kier molecular flexibility index (Phi) is 6.54. The lowest BCUT2D eigenvalue weighted by atomic mass is 9.95. The van der Waals surface area contributed by atoms with Gasteiger partial charge in [0, 0.05) is 21.5 Å². The number of halogens is 6. The van der Waals surface area contributed by atoms with Crippen molar-refractivity contribution >= 4 is 43.6 Å². The van der Waals surface area contributed by atoms with Crippen molar-refractivity contribution in [1.29, 1.82) is 0 Å². The smallest absolute Gasteiger partial charge is 0.307 e. The number of aryl methyl sites for hydroxylation is 2. The molecular formula is C40H26F6N2. The Labute approximate surface area is 271 Å². The van der Waals surface area contributed by atoms with E-state index in [4.69, 9.17) is 0 Å². The van der Waals surface area contributed by atoms with Gasteiger partial charge in [0.05, 0.1) is 44.6 Å². The first-order chi connectivity index (χ1) is 22.9. The minimum Gasteiger partial charge on any atom is -0.307 e. The Morgan fingerprint density at radius 1 is 0.438 bits per heavy atom. The largest absolute Gasteiger partial charge is 0.417 e. The topological polar surface area (TPSA) is 9.86 Å². The second kappa shape index (κ2) is 10.5. The first kappa shape index (κ1) is 29.9. The van der Waals surface area contributed by atoms with Crippen molar-refractivity contribution in [2.75, 3.05) is 0 Å². The van der Waals surface area contributed by atoms with Crippen LogP contribution in [0.5, 0.6) is 0 Å². The number of hydrogen-bond acceptors (Lipinski definition) is 0. The molecule has 238 valence electrons. The van der Waals surface area contributed by atoms with Crippen molar-refractivity contribution in [2.45, 2.75) is 26.2 Å². The average Bonchev–Trinajstić information content (AvgIpc) is 3.55. The number of benzene rings is 6. The van der Waals surface area contributed by atoms with Crippen LogP contribution in [0, 0.1) is 13.8 Å². The highest BCUT2D eigenvalue weighted by Crippen LogP contribution is 2.45. The van der Waals surface area contributed by atoms with Crippen LogP contribution in [0.3, 0.4) is 0 Å². The van der Waals surface area contributed by atoms with E-state index in [9.17, 15) is 13.2 Å². The average molecular weight is 649 g/mol. The van der Waals surface area contributed by atoms with Crippen molar-refractivity contribution in [3.8, 4) is 22.5 Å². The highest BCUT2D eigenvalue weighted by Gasteiger charge is 2.37. The van der Waals surface area contributed by atoms with E-state index < -0.39 is 23.5 Å². The van der Waals surface area contributed by atoms with E-state index >= 15 is 13.2 Å². The Balaban J connectivity index is 1.59. The molecule has 0 bridgehead atoms. The fourth-order valence-corrected chi connectivity index (χ4v) is 6.96. The van der Waals surface area contributed by atoms with Gasteiger partial charge in [-0.15, -0.1) is 0 Å². The van der Waals surface area contributed by atoms with E-state index in [0.717, 1.165) is 68.0 Å². The molecule has 0 saturated heterocycles. The number of rotatable bonds is 3. The summed E-state index contributed by atoms with van der Waals surface area (Å²) >= 11 is 0. The Morgan fingerprint density at radius 2 is 0.938 bits per heavy atom. The van der Waals surface area contributed by atoms with Crippen LogP contribution in [0.15, 0.2) is 121 Å². The molecular weight excluding hydrogens is 622 g/mol. The Hall–Kier alpha value is -5.50. The number of alkyl halides is 6. The maximum Gasteiger partial charge on any atom is 0.417 e. The van der Waals surface area contributed by atoms with E-state index in [1.54, 1.807) is 0 Å². The number of aromatic nitrogens is 2. The summed E-state index contributed by atoms with van der Waals surface area (Å²) in [6, 6.07) is 33.5. The number of fused-ring (bicyclic) bond motifs is 6. The molecule has 48 heavy (non-hydrogen) atoms. The van der Waals surface area contributed by atoms with Gasteiger partial charge in [0.25, 0.3) is 0 Å². The molecule has 0 radical (unpaired) electrons. The fraction of sp³-hybridized carbons (Fsp3) is 0.100. The summed E-state index contributed by atoms with van der Waals surface area (Å²) in [5.41, 5.74) is 3.00. The number of hydrogen-bond donors (Lipinski definition) is 0. The van der Waals surface area contributed by atoms with Gasteiger partial charge in [-0.2, -0.15) is 26.3 Å². The summed E-state index contributed by atoms with van der Waals surface area (Å²) in [5.74, 6) is 0. The van der Waals surface area contributed by atoms with Gasteiger partial charge in [-0.1, -0.05) is 71.8 Å². The minimum atomic E-state index is -4.88. The quantitative estimate of drug-likeness (QED) is 0.169. The van der Waals surface area contributed by atoms with E-state index in [1.807, 2.05) is 108 Å². The van der Waals surface area contributed by atoms with Crippen molar-refractivity contribution in [3.05, 3.63) is 144 Å². The van der Waals surface area contributed by atoms with E-state index in [-0.39, 0.29) is 16.8 Å². The van der Waals surface area contributed by atoms with Gasteiger partial charge in [0.15, 0.2) is 0 Å².